The number of nitro benzene ring substituents is 1. The van der Waals surface area contributed by atoms with Crippen molar-refractivity contribution in [3.05, 3.63) is 38.6 Å². The maximum Gasteiger partial charge on any atom is 0.342 e. The number of aromatic nitrogens is 2. The van der Waals surface area contributed by atoms with Crippen molar-refractivity contribution in [3.63, 3.8) is 0 Å². The summed E-state index contributed by atoms with van der Waals surface area (Å²) < 4.78 is 9.94. The molecule has 1 aromatic heterocycles. The Morgan fingerprint density at radius 3 is 2.67 bits per heavy atom. The average molecular weight is 353 g/mol. The number of carboxylic acid groups (broad SMARTS) is 1. The third-order valence-electron chi connectivity index (χ3n) is 2.72. The van der Waals surface area contributed by atoms with Gasteiger partial charge in [-0.15, -0.1) is 10.2 Å². The molecular formula is C13H11N3O7S. The van der Waals surface area contributed by atoms with Crippen LogP contribution in [-0.2, 0) is 4.79 Å². The van der Waals surface area contributed by atoms with Gasteiger partial charge >= 0.3 is 5.97 Å². The number of nitrogens with zero attached hydrogens (tertiary/aromatic N) is 3. The van der Waals surface area contributed by atoms with Crippen LogP contribution in [0.3, 0.4) is 0 Å². The van der Waals surface area contributed by atoms with Gasteiger partial charge in [0.1, 0.15) is 4.91 Å². The zero-order valence-electron chi connectivity index (χ0n) is 12.4. The highest BCUT2D eigenvalue weighted by Gasteiger charge is 2.19. The van der Waals surface area contributed by atoms with Crippen LogP contribution in [-0.4, -0.2) is 38.4 Å². The van der Waals surface area contributed by atoms with Crippen LogP contribution < -0.4 is 4.74 Å². The summed E-state index contributed by atoms with van der Waals surface area (Å²) in [7, 11) is 1.22. The quantitative estimate of drug-likeness (QED) is 0.342. The Morgan fingerprint density at radius 1 is 1.46 bits per heavy atom. The maximum absolute atomic E-state index is 11.4. The predicted octanol–water partition coefficient (Wildman–Crippen LogP) is 2.22. The molecule has 1 aromatic carbocycles. The number of hydrogen-bond donors (Lipinski definition) is 2. The molecule has 10 nitrogen and oxygen atoms in total. The number of carbonyl (C=O) groups is 1. The van der Waals surface area contributed by atoms with E-state index >= 15 is 0 Å². The first kappa shape index (κ1) is 17.3. The highest BCUT2D eigenvalue weighted by molar-refractivity contribution is 8.03. The smallest absolute Gasteiger partial charge is 0.342 e. The molecule has 24 heavy (non-hydrogen) atoms. The molecule has 126 valence electrons. The molecule has 0 aliphatic carbocycles. The Balaban J connectivity index is 2.50. The average Bonchev–Trinajstić information content (AvgIpc) is 2.93. The van der Waals surface area contributed by atoms with Gasteiger partial charge < -0.3 is 19.4 Å². The number of non-ortho nitro benzene ring substituents is 1. The number of rotatable bonds is 6. The summed E-state index contributed by atoms with van der Waals surface area (Å²) in [6.07, 6.45) is 1.05. The van der Waals surface area contributed by atoms with Crippen molar-refractivity contribution in [1.29, 1.82) is 0 Å². The third kappa shape index (κ3) is 3.81. The SMILES string of the molecule is COc1cc([N+](=O)[O-])cc(/C=C(/Sc2nnc(C)o2)C(=O)O)c1O. The summed E-state index contributed by atoms with van der Waals surface area (Å²) in [5, 5.41) is 37.5. The summed E-state index contributed by atoms with van der Waals surface area (Å²) in [5.74, 6) is -1.66. The van der Waals surface area contributed by atoms with Crippen LogP contribution in [0.1, 0.15) is 11.5 Å². The zero-order chi connectivity index (χ0) is 17.9. The predicted molar refractivity (Wildman–Crippen MR) is 81.8 cm³/mol. The third-order valence-corrected chi connectivity index (χ3v) is 3.57. The van der Waals surface area contributed by atoms with Crippen molar-refractivity contribution >= 4 is 29.5 Å². The van der Waals surface area contributed by atoms with Gasteiger partial charge in [0.15, 0.2) is 11.5 Å². The number of phenolic OH excluding ortho intramolecular Hbond substituents is 1. The number of methoxy groups -OCH3 is 1. The normalized spacial score (nSPS) is 11.3. The lowest BCUT2D eigenvalue weighted by Crippen LogP contribution is -1.98. The van der Waals surface area contributed by atoms with Crippen molar-refractivity contribution in [2.24, 2.45) is 0 Å². The highest BCUT2D eigenvalue weighted by atomic mass is 32.2. The fraction of sp³-hybridized carbons (Fsp3) is 0.154. The molecule has 0 saturated heterocycles. The number of benzene rings is 1. The van der Waals surface area contributed by atoms with Crippen molar-refractivity contribution in [2.75, 3.05) is 7.11 Å². The lowest BCUT2D eigenvalue weighted by molar-refractivity contribution is -0.385. The molecule has 11 heteroatoms. The highest BCUT2D eigenvalue weighted by Crippen LogP contribution is 2.37. The van der Waals surface area contributed by atoms with E-state index in [0.717, 1.165) is 18.2 Å². The van der Waals surface area contributed by atoms with Gasteiger partial charge in [0.25, 0.3) is 10.9 Å². The summed E-state index contributed by atoms with van der Waals surface area (Å²) in [6, 6.07) is 2.06. The molecule has 0 aliphatic rings. The number of carboxylic acids is 1. The van der Waals surface area contributed by atoms with Crippen molar-refractivity contribution in [3.8, 4) is 11.5 Å². The monoisotopic (exact) mass is 353 g/mol. The van der Waals surface area contributed by atoms with Gasteiger partial charge in [0, 0.05) is 18.6 Å². The van der Waals surface area contributed by atoms with Crippen LogP contribution in [0.15, 0.2) is 26.7 Å². The minimum atomic E-state index is -1.33. The molecule has 0 saturated carbocycles. The van der Waals surface area contributed by atoms with Gasteiger partial charge in [-0.1, -0.05) is 0 Å². The topological polar surface area (TPSA) is 149 Å². The minimum Gasteiger partial charge on any atom is -0.504 e. The van der Waals surface area contributed by atoms with E-state index in [1.165, 1.54) is 7.11 Å². The van der Waals surface area contributed by atoms with Crippen LogP contribution in [0.25, 0.3) is 6.08 Å². The number of ether oxygens (including phenoxy) is 1. The van der Waals surface area contributed by atoms with E-state index in [0.29, 0.717) is 11.8 Å². The molecule has 0 amide bonds. The second-order valence-corrected chi connectivity index (χ2v) is 5.34. The lowest BCUT2D eigenvalue weighted by Gasteiger charge is -2.07. The van der Waals surface area contributed by atoms with Gasteiger partial charge in [-0.25, -0.2) is 4.79 Å². The lowest BCUT2D eigenvalue weighted by atomic mass is 10.1. The van der Waals surface area contributed by atoms with E-state index in [9.17, 15) is 25.1 Å². The number of aliphatic carboxylic acids is 1. The second-order valence-electron chi connectivity index (χ2n) is 4.35. The molecule has 0 unspecified atom stereocenters. The summed E-state index contributed by atoms with van der Waals surface area (Å²) in [5.41, 5.74) is -0.457. The molecule has 2 aromatic rings. The first-order chi connectivity index (χ1) is 11.3. The molecule has 0 bridgehead atoms. The largest absolute Gasteiger partial charge is 0.504 e. The molecule has 0 aliphatic heterocycles. The Bertz CT molecular complexity index is 831. The molecular weight excluding hydrogens is 342 g/mol. The Labute approximate surface area is 138 Å². The van der Waals surface area contributed by atoms with E-state index < -0.39 is 16.6 Å². The van der Waals surface area contributed by atoms with E-state index in [1.54, 1.807) is 6.92 Å². The molecule has 2 rings (SSSR count). The number of thioether (sulfide) groups is 1. The first-order valence-corrected chi connectivity index (χ1v) is 7.11. The van der Waals surface area contributed by atoms with E-state index in [4.69, 9.17) is 9.15 Å². The fourth-order valence-corrected chi connectivity index (χ4v) is 2.38. The van der Waals surface area contributed by atoms with Crippen molar-refractivity contribution in [1.82, 2.24) is 10.2 Å². The number of phenols is 1. The molecule has 2 N–H and O–H groups in total. The number of aromatic hydroxyl groups is 1. The molecule has 1 heterocycles. The van der Waals surface area contributed by atoms with Crippen LogP contribution >= 0.6 is 11.8 Å². The maximum atomic E-state index is 11.4. The van der Waals surface area contributed by atoms with Gasteiger partial charge in [-0.3, -0.25) is 10.1 Å². The fourth-order valence-electron chi connectivity index (χ4n) is 1.68. The Hall–Kier alpha value is -3.08. The molecule has 0 atom stereocenters. The van der Waals surface area contributed by atoms with E-state index in [-0.39, 0.29) is 33.0 Å². The summed E-state index contributed by atoms with van der Waals surface area (Å²) in [6.45, 7) is 1.54. The Morgan fingerprint density at radius 2 is 2.17 bits per heavy atom. The molecule has 0 fully saturated rings. The van der Waals surface area contributed by atoms with Crippen LogP contribution in [0, 0.1) is 17.0 Å². The standard InChI is InChI=1S/C13H11N3O7S/c1-6-14-15-13(23-6)24-10(12(18)19)4-7-3-8(16(20)21)5-9(22-2)11(7)17/h3-5,17H,1-2H3,(H,18,19)/b10-4+. The van der Waals surface area contributed by atoms with Crippen LogP contribution in [0.4, 0.5) is 5.69 Å². The van der Waals surface area contributed by atoms with E-state index in [1.807, 2.05) is 0 Å². The minimum absolute atomic E-state index is 0.0157. The number of hydrogen-bond acceptors (Lipinski definition) is 9. The van der Waals surface area contributed by atoms with Crippen LogP contribution in [0.2, 0.25) is 0 Å². The van der Waals surface area contributed by atoms with Gasteiger partial charge in [0.2, 0.25) is 5.89 Å². The van der Waals surface area contributed by atoms with Gasteiger partial charge in [-0.2, -0.15) is 0 Å². The summed E-state index contributed by atoms with van der Waals surface area (Å²) in [4.78, 5) is 21.3. The van der Waals surface area contributed by atoms with Crippen molar-refractivity contribution < 1.29 is 29.1 Å². The van der Waals surface area contributed by atoms with Gasteiger partial charge in [-0.05, 0) is 17.8 Å². The summed E-state index contributed by atoms with van der Waals surface area (Å²) >= 11 is 0.648. The van der Waals surface area contributed by atoms with Crippen molar-refractivity contribution in [2.45, 2.75) is 12.1 Å². The van der Waals surface area contributed by atoms with E-state index in [2.05, 4.69) is 10.2 Å². The first-order valence-electron chi connectivity index (χ1n) is 6.30. The van der Waals surface area contributed by atoms with Crippen LogP contribution in [0.5, 0.6) is 11.5 Å². The number of aryl methyl sites for hydroxylation is 1. The number of nitro groups is 1. The molecule has 0 radical (unpaired) electrons. The van der Waals surface area contributed by atoms with Gasteiger partial charge in [0.05, 0.1) is 18.1 Å². The Kier molecular flexibility index (Phi) is 5.04. The second kappa shape index (κ2) is 7.00. The molecule has 0 spiro atoms. The zero-order valence-corrected chi connectivity index (χ0v) is 13.2.